The van der Waals surface area contributed by atoms with E-state index in [0.717, 1.165) is 16.7 Å². The van der Waals surface area contributed by atoms with E-state index in [2.05, 4.69) is 20.8 Å². The maximum absolute atomic E-state index is 13.1. The second-order valence-electron chi connectivity index (χ2n) is 9.03. The van der Waals surface area contributed by atoms with Crippen LogP contribution in [0.25, 0.3) is 5.76 Å². The number of Topliss-reactive ketones (excluding diaryl/α,β-unsaturated/α-hetero) is 1. The van der Waals surface area contributed by atoms with Crippen molar-refractivity contribution in [3.63, 3.8) is 0 Å². The summed E-state index contributed by atoms with van der Waals surface area (Å²) in [6.45, 7) is 9.04. The topological polar surface area (TPSA) is 66.8 Å². The Labute approximate surface area is 184 Å². The van der Waals surface area contributed by atoms with E-state index in [1.165, 1.54) is 0 Å². The fourth-order valence-electron chi connectivity index (χ4n) is 3.96. The van der Waals surface area contributed by atoms with Crippen molar-refractivity contribution >= 4 is 17.4 Å². The second-order valence-corrected chi connectivity index (χ2v) is 9.03. The van der Waals surface area contributed by atoms with Crippen LogP contribution in [0.5, 0.6) is 0 Å². The summed E-state index contributed by atoms with van der Waals surface area (Å²) in [4.78, 5) is 27.6. The third kappa shape index (κ3) is 4.57. The van der Waals surface area contributed by atoms with Crippen LogP contribution in [-0.4, -0.2) is 42.0 Å². The molecule has 1 amide bonds. The Kier molecular flexibility index (Phi) is 6.65. The number of rotatable bonds is 6. The van der Waals surface area contributed by atoms with Crippen LogP contribution in [0.4, 0.5) is 0 Å². The van der Waals surface area contributed by atoms with Gasteiger partial charge in [-0.3, -0.25) is 9.59 Å². The van der Waals surface area contributed by atoms with Gasteiger partial charge in [0.25, 0.3) is 11.7 Å². The smallest absolute Gasteiger partial charge is 0.295 e. The normalized spacial score (nSPS) is 18.6. The molecule has 1 fully saturated rings. The van der Waals surface area contributed by atoms with E-state index in [4.69, 9.17) is 4.74 Å². The van der Waals surface area contributed by atoms with Crippen LogP contribution >= 0.6 is 0 Å². The molecule has 1 heterocycles. The molecule has 1 saturated heterocycles. The standard InChI is InChI=1S/C26H31NO4/c1-17-12-13-19(26(2,3)4)16-20(17)23(28)21-22(18-10-7-6-8-11-18)27(14-9-15-31-5)25(30)24(21)29/h6-8,10-13,16,22,28H,9,14-15H2,1-5H3/b23-21+. The van der Waals surface area contributed by atoms with Crippen LogP contribution in [-0.2, 0) is 19.7 Å². The van der Waals surface area contributed by atoms with Gasteiger partial charge in [0.15, 0.2) is 0 Å². The molecule has 0 aliphatic carbocycles. The third-order valence-electron chi connectivity index (χ3n) is 5.76. The van der Waals surface area contributed by atoms with Gasteiger partial charge in [-0.15, -0.1) is 0 Å². The van der Waals surface area contributed by atoms with E-state index in [-0.39, 0.29) is 16.7 Å². The van der Waals surface area contributed by atoms with E-state index in [0.29, 0.717) is 25.1 Å². The number of carbonyl (C=O) groups excluding carboxylic acids is 2. The lowest BCUT2D eigenvalue weighted by atomic mass is 9.84. The van der Waals surface area contributed by atoms with Crippen LogP contribution in [0, 0.1) is 6.92 Å². The molecule has 2 aromatic rings. The Bertz CT molecular complexity index is 1000. The maximum Gasteiger partial charge on any atom is 0.295 e. The van der Waals surface area contributed by atoms with Crippen molar-refractivity contribution in [3.05, 3.63) is 76.4 Å². The first kappa shape index (κ1) is 22.8. The predicted molar refractivity (Wildman–Crippen MR) is 122 cm³/mol. The SMILES string of the molecule is COCCCN1C(=O)C(=O)/C(=C(/O)c2cc(C(C)(C)C)ccc2C)C1c1ccccc1. The molecule has 1 unspecified atom stereocenters. The van der Waals surface area contributed by atoms with Crippen LogP contribution in [0.1, 0.15) is 55.5 Å². The fourth-order valence-corrected chi connectivity index (χ4v) is 3.96. The van der Waals surface area contributed by atoms with Crippen LogP contribution in [0.2, 0.25) is 0 Å². The minimum Gasteiger partial charge on any atom is -0.507 e. The molecule has 5 nitrogen and oxygen atoms in total. The summed E-state index contributed by atoms with van der Waals surface area (Å²) in [5.74, 6) is -1.36. The van der Waals surface area contributed by atoms with Crippen molar-refractivity contribution in [2.24, 2.45) is 0 Å². The molecule has 0 bridgehead atoms. The van der Waals surface area contributed by atoms with Gasteiger partial charge in [-0.05, 0) is 41.5 Å². The van der Waals surface area contributed by atoms with Gasteiger partial charge in [0.1, 0.15) is 5.76 Å². The first-order chi connectivity index (χ1) is 14.7. The molecule has 0 saturated carbocycles. The van der Waals surface area contributed by atoms with Gasteiger partial charge < -0.3 is 14.7 Å². The number of nitrogens with zero attached hydrogens (tertiary/aromatic N) is 1. The van der Waals surface area contributed by atoms with Gasteiger partial charge in [0.2, 0.25) is 0 Å². The molecule has 31 heavy (non-hydrogen) atoms. The Morgan fingerprint density at radius 3 is 2.39 bits per heavy atom. The molecule has 0 aromatic heterocycles. The number of aliphatic hydroxyl groups is 1. The number of aliphatic hydroxyl groups excluding tert-OH is 1. The number of likely N-dealkylation sites (tertiary alicyclic amines) is 1. The summed E-state index contributed by atoms with van der Waals surface area (Å²) in [5, 5.41) is 11.4. The number of hydrogen-bond acceptors (Lipinski definition) is 4. The second kappa shape index (κ2) is 9.06. The number of carbonyl (C=O) groups is 2. The number of hydrogen-bond donors (Lipinski definition) is 1. The number of ether oxygens (including phenoxy) is 1. The lowest BCUT2D eigenvalue weighted by Crippen LogP contribution is -2.31. The van der Waals surface area contributed by atoms with Crippen LogP contribution in [0.3, 0.4) is 0 Å². The largest absolute Gasteiger partial charge is 0.507 e. The first-order valence-corrected chi connectivity index (χ1v) is 10.6. The van der Waals surface area contributed by atoms with E-state index in [1.807, 2.05) is 55.5 Å². The lowest BCUT2D eigenvalue weighted by molar-refractivity contribution is -0.140. The molecule has 0 spiro atoms. The van der Waals surface area contributed by atoms with E-state index in [1.54, 1.807) is 12.0 Å². The highest BCUT2D eigenvalue weighted by atomic mass is 16.5. The zero-order chi connectivity index (χ0) is 22.8. The highest BCUT2D eigenvalue weighted by Crippen LogP contribution is 2.40. The van der Waals surface area contributed by atoms with E-state index >= 15 is 0 Å². The maximum atomic E-state index is 13.1. The summed E-state index contributed by atoms with van der Waals surface area (Å²) in [5.41, 5.74) is 3.30. The molecule has 3 rings (SSSR count). The van der Waals surface area contributed by atoms with E-state index in [9.17, 15) is 14.7 Å². The highest BCUT2D eigenvalue weighted by Gasteiger charge is 2.45. The molecule has 1 N–H and O–H groups in total. The first-order valence-electron chi connectivity index (χ1n) is 10.6. The molecule has 2 aromatic carbocycles. The zero-order valence-corrected chi connectivity index (χ0v) is 18.9. The van der Waals surface area contributed by atoms with Gasteiger partial charge >= 0.3 is 0 Å². The summed E-state index contributed by atoms with van der Waals surface area (Å²) in [7, 11) is 1.60. The molecule has 0 radical (unpaired) electrons. The van der Waals surface area contributed by atoms with Crippen molar-refractivity contribution in [1.29, 1.82) is 0 Å². The summed E-state index contributed by atoms with van der Waals surface area (Å²) >= 11 is 0. The predicted octanol–water partition coefficient (Wildman–Crippen LogP) is 4.75. The van der Waals surface area contributed by atoms with Gasteiger partial charge in [0, 0.05) is 25.8 Å². The number of benzene rings is 2. The quantitative estimate of drug-likeness (QED) is 0.316. The number of aryl methyl sites for hydroxylation is 1. The minimum absolute atomic E-state index is 0.117. The highest BCUT2D eigenvalue weighted by molar-refractivity contribution is 6.46. The van der Waals surface area contributed by atoms with E-state index < -0.39 is 17.7 Å². The van der Waals surface area contributed by atoms with Gasteiger partial charge in [-0.25, -0.2) is 0 Å². The molecule has 164 valence electrons. The molecule has 5 heteroatoms. The molecule has 1 aliphatic rings. The fraction of sp³-hybridized carbons (Fsp3) is 0.385. The monoisotopic (exact) mass is 421 g/mol. The Hall–Kier alpha value is -2.92. The lowest BCUT2D eigenvalue weighted by Gasteiger charge is -2.25. The van der Waals surface area contributed by atoms with Gasteiger partial charge in [-0.2, -0.15) is 0 Å². The third-order valence-corrected chi connectivity index (χ3v) is 5.76. The summed E-state index contributed by atoms with van der Waals surface area (Å²) in [6.07, 6.45) is 0.603. The number of amides is 1. The average molecular weight is 422 g/mol. The molecular weight excluding hydrogens is 390 g/mol. The average Bonchev–Trinajstić information content (AvgIpc) is 2.98. The van der Waals surface area contributed by atoms with Crippen LogP contribution < -0.4 is 0 Å². The summed E-state index contributed by atoms with van der Waals surface area (Å²) < 4.78 is 5.12. The Morgan fingerprint density at radius 2 is 1.77 bits per heavy atom. The number of methoxy groups -OCH3 is 1. The molecular formula is C26H31NO4. The summed E-state index contributed by atoms with van der Waals surface area (Å²) in [6, 6.07) is 14.7. The number of ketones is 1. The van der Waals surface area contributed by atoms with Crippen molar-refractivity contribution in [2.75, 3.05) is 20.3 Å². The van der Waals surface area contributed by atoms with Crippen molar-refractivity contribution in [1.82, 2.24) is 4.90 Å². The Balaban J connectivity index is 2.17. The van der Waals surface area contributed by atoms with Crippen molar-refractivity contribution < 1.29 is 19.4 Å². The zero-order valence-electron chi connectivity index (χ0n) is 18.9. The molecule has 1 atom stereocenters. The van der Waals surface area contributed by atoms with Gasteiger partial charge in [0.05, 0.1) is 11.6 Å². The Morgan fingerprint density at radius 1 is 1.10 bits per heavy atom. The minimum atomic E-state index is -0.649. The van der Waals surface area contributed by atoms with Crippen molar-refractivity contribution in [3.8, 4) is 0 Å². The molecule has 1 aliphatic heterocycles. The van der Waals surface area contributed by atoms with Crippen molar-refractivity contribution in [2.45, 2.75) is 45.6 Å². The van der Waals surface area contributed by atoms with Gasteiger partial charge in [-0.1, -0.05) is 63.2 Å². The van der Waals surface area contributed by atoms with Crippen LogP contribution in [0.15, 0.2) is 54.1 Å².